The number of hydrogen-bond donors (Lipinski definition) is 2. The fourth-order valence-corrected chi connectivity index (χ4v) is 1.75. The van der Waals surface area contributed by atoms with Crippen LogP contribution >= 0.6 is 0 Å². The van der Waals surface area contributed by atoms with Crippen molar-refractivity contribution >= 4 is 11.8 Å². The summed E-state index contributed by atoms with van der Waals surface area (Å²) in [6.07, 6.45) is 0. The Kier molecular flexibility index (Phi) is 3.93. The number of aromatic nitrogens is 1. The summed E-state index contributed by atoms with van der Waals surface area (Å²) in [6, 6.07) is 5.96. The van der Waals surface area contributed by atoms with Gasteiger partial charge in [0.1, 0.15) is 5.75 Å². The van der Waals surface area contributed by atoms with Gasteiger partial charge in [-0.1, -0.05) is 11.2 Å². The third-order valence-electron chi connectivity index (χ3n) is 2.89. The quantitative estimate of drug-likeness (QED) is 0.882. The van der Waals surface area contributed by atoms with Gasteiger partial charge < -0.3 is 19.8 Å². The summed E-state index contributed by atoms with van der Waals surface area (Å²) in [7, 11) is 4.69. The molecular formula is C14H15N3O4. The number of amides is 2. The Labute approximate surface area is 121 Å². The smallest absolute Gasteiger partial charge is 0.273 e. The molecule has 0 saturated carbocycles. The number of rotatable bonds is 3. The van der Waals surface area contributed by atoms with Crippen LogP contribution in [0.2, 0.25) is 0 Å². The van der Waals surface area contributed by atoms with E-state index in [1.165, 1.54) is 30.1 Å². The second-order valence-corrected chi connectivity index (χ2v) is 4.59. The van der Waals surface area contributed by atoms with Gasteiger partial charge in [0, 0.05) is 32.8 Å². The Morgan fingerprint density at radius 3 is 2.57 bits per heavy atom. The fourth-order valence-electron chi connectivity index (χ4n) is 1.75. The number of benzene rings is 1. The molecule has 0 saturated heterocycles. The molecule has 0 aliphatic carbocycles. The van der Waals surface area contributed by atoms with Gasteiger partial charge in [-0.15, -0.1) is 0 Å². The molecule has 2 N–H and O–H groups in total. The normalized spacial score (nSPS) is 10.2. The highest BCUT2D eigenvalue weighted by Crippen LogP contribution is 2.27. The van der Waals surface area contributed by atoms with E-state index in [1.807, 2.05) is 0 Å². The first kappa shape index (κ1) is 14.6. The van der Waals surface area contributed by atoms with Gasteiger partial charge in [-0.25, -0.2) is 0 Å². The van der Waals surface area contributed by atoms with Crippen molar-refractivity contribution in [1.82, 2.24) is 15.4 Å². The van der Waals surface area contributed by atoms with Crippen molar-refractivity contribution in [2.24, 2.45) is 0 Å². The van der Waals surface area contributed by atoms with E-state index in [0.717, 1.165) is 0 Å². The van der Waals surface area contributed by atoms with Gasteiger partial charge in [-0.05, 0) is 12.1 Å². The zero-order valence-corrected chi connectivity index (χ0v) is 11.9. The Morgan fingerprint density at radius 1 is 1.29 bits per heavy atom. The highest BCUT2D eigenvalue weighted by Gasteiger charge is 2.16. The van der Waals surface area contributed by atoms with E-state index in [4.69, 9.17) is 4.52 Å². The van der Waals surface area contributed by atoms with Crippen LogP contribution < -0.4 is 5.32 Å². The lowest BCUT2D eigenvalue weighted by Crippen LogP contribution is -2.21. The minimum absolute atomic E-state index is 0.139. The molecule has 0 spiro atoms. The molecule has 0 fully saturated rings. The average Bonchev–Trinajstić information content (AvgIpc) is 2.95. The molecule has 2 rings (SSSR count). The SMILES string of the molecule is CNC(=O)c1cc(-c2ccc(C(=O)N(C)C)c(O)c2)on1. The van der Waals surface area contributed by atoms with Gasteiger partial charge in [0.15, 0.2) is 11.5 Å². The molecule has 21 heavy (non-hydrogen) atoms. The van der Waals surface area contributed by atoms with Crippen LogP contribution in [-0.2, 0) is 0 Å². The van der Waals surface area contributed by atoms with E-state index in [-0.39, 0.29) is 28.8 Å². The predicted molar refractivity (Wildman–Crippen MR) is 75.0 cm³/mol. The van der Waals surface area contributed by atoms with Crippen molar-refractivity contribution in [1.29, 1.82) is 0 Å². The summed E-state index contributed by atoms with van der Waals surface area (Å²) in [5, 5.41) is 16.0. The van der Waals surface area contributed by atoms with Crippen molar-refractivity contribution in [3.63, 3.8) is 0 Å². The molecule has 110 valence electrons. The summed E-state index contributed by atoms with van der Waals surface area (Å²) in [6.45, 7) is 0. The van der Waals surface area contributed by atoms with Gasteiger partial charge >= 0.3 is 0 Å². The first-order valence-corrected chi connectivity index (χ1v) is 6.18. The number of nitrogens with zero attached hydrogens (tertiary/aromatic N) is 2. The van der Waals surface area contributed by atoms with Crippen LogP contribution in [0.3, 0.4) is 0 Å². The number of phenolic OH excluding ortho intramolecular Hbond substituents is 1. The van der Waals surface area contributed by atoms with Crippen LogP contribution in [0.25, 0.3) is 11.3 Å². The van der Waals surface area contributed by atoms with Crippen LogP contribution in [0.1, 0.15) is 20.8 Å². The summed E-state index contributed by atoms with van der Waals surface area (Å²) < 4.78 is 5.06. The van der Waals surface area contributed by atoms with E-state index in [2.05, 4.69) is 10.5 Å². The molecule has 0 aliphatic heterocycles. The van der Waals surface area contributed by atoms with Crippen molar-refractivity contribution in [3.05, 3.63) is 35.5 Å². The van der Waals surface area contributed by atoms with Gasteiger partial charge in [-0.2, -0.15) is 0 Å². The van der Waals surface area contributed by atoms with Gasteiger partial charge in [0.05, 0.1) is 5.56 Å². The predicted octanol–water partition coefficient (Wildman–Crippen LogP) is 1.11. The lowest BCUT2D eigenvalue weighted by molar-refractivity contribution is 0.0824. The third-order valence-corrected chi connectivity index (χ3v) is 2.89. The molecule has 7 heteroatoms. The van der Waals surface area contributed by atoms with Crippen molar-refractivity contribution in [2.75, 3.05) is 21.1 Å². The highest BCUT2D eigenvalue weighted by atomic mass is 16.5. The second kappa shape index (κ2) is 5.66. The van der Waals surface area contributed by atoms with Crippen LogP contribution in [0.4, 0.5) is 0 Å². The lowest BCUT2D eigenvalue weighted by Gasteiger charge is -2.11. The maximum absolute atomic E-state index is 11.8. The first-order chi connectivity index (χ1) is 9.93. The summed E-state index contributed by atoms with van der Waals surface area (Å²) in [4.78, 5) is 24.6. The molecule has 0 radical (unpaired) electrons. The van der Waals surface area contributed by atoms with Crippen LogP contribution in [0.15, 0.2) is 28.8 Å². The van der Waals surface area contributed by atoms with Crippen LogP contribution in [0, 0.1) is 0 Å². The standard InChI is InChI=1S/C14H15N3O4/c1-15-13(19)10-7-12(21-16-10)8-4-5-9(11(18)6-8)14(20)17(2)3/h4-7,18H,1-3H3,(H,15,19). The van der Waals surface area contributed by atoms with Gasteiger partial charge in [0.25, 0.3) is 11.8 Å². The lowest BCUT2D eigenvalue weighted by atomic mass is 10.1. The monoisotopic (exact) mass is 289 g/mol. The van der Waals surface area contributed by atoms with Crippen LogP contribution in [-0.4, -0.2) is 48.1 Å². The molecule has 0 aliphatic rings. The number of nitrogens with one attached hydrogen (secondary N) is 1. The molecule has 1 heterocycles. The molecule has 1 aromatic heterocycles. The molecule has 0 bridgehead atoms. The average molecular weight is 289 g/mol. The van der Waals surface area contributed by atoms with E-state index in [9.17, 15) is 14.7 Å². The Bertz CT molecular complexity index is 691. The second-order valence-electron chi connectivity index (χ2n) is 4.59. The number of carbonyl (C=O) groups excluding carboxylic acids is 2. The molecule has 1 aromatic carbocycles. The summed E-state index contributed by atoms with van der Waals surface area (Å²) in [5.41, 5.74) is 0.848. The largest absolute Gasteiger partial charge is 0.507 e. The number of hydrogen-bond acceptors (Lipinski definition) is 5. The van der Waals surface area contributed by atoms with Gasteiger partial charge in [-0.3, -0.25) is 9.59 Å². The Hall–Kier alpha value is -2.83. The summed E-state index contributed by atoms with van der Waals surface area (Å²) >= 11 is 0. The minimum Gasteiger partial charge on any atom is -0.507 e. The topological polar surface area (TPSA) is 95.7 Å². The van der Waals surface area contributed by atoms with E-state index in [1.54, 1.807) is 20.2 Å². The number of aromatic hydroxyl groups is 1. The third kappa shape index (κ3) is 2.86. The number of carbonyl (C=O) groups is 2. The van der Waals surface area contributed by atoms with Crippen molar-refractivity contribution < 1.29 is 19.2 Å². The zero-order chi connectivity index (χ0) is 15.6. The maximum Gasteiger partial charge on any atom is 0.273 e. The summed E-state index contributed by atoms with van der Waals surface area (Å²) in [5.74, 6) is -0.506. The van der Waals surface area contributed by atoms with Crippen molar-refractivity contribution in [2.45, 2.75) is 0 Å². The highest BCUT2D eigenvalue weighted by molar-refractivity contribution is 5.97. The van der Waals surface area contributed by atoms with Crippen molar-refractivity contribution in [3.8, 4) is 17.1 Å². The molecule has 0 unspecified atom stereocenters. The maximum atomic E-state index is 11.8. The van der Waals surface area contributed by atoms with E-state index in [0.29, 0.717) is 11.3 Å². The Balaban J connectivity index is 2.34. The Morgan fingerprint density at radius 2 is 2.00 bits per heavy atom. The number of phenols is 1. The molecular weight excluding hydrogens is 274 g/mol. The molecule has 2 aromatic rings. The van der Waals surface area contributed by atoms with E-state index >= 15 is 0 Å². The van der Waals surface area contributed by atoms with Crippen LogP contribution in [0.5, 0.6) is 5.75 Å². The molecule has 7 nitrogen and oxygen atoms in total. The minimum atomic E-state index is -0.367. The first-order valence-electron chi connectivity index (χ1n) is 6.18. The fraction of sp³-hybridized carbons (Fsp3) is 0.214. The molecule has 0 atom stereocenters. The van der Waals surface area contributed by atoms with E-state index < -0.39 is 0 Å². The molecule has 2 amide bonds. The zero-order valence-electron chi connectivity index (χ0n) is 11.9. The van der Waals surface area contributed by atoms with Gasteiger partial charge in [0.2, 0.25) is 0 Å².